The number of aryl methyl sites for hydroxylation is 1. The third kappa shape index (κ3) is 5.62. The van der Waals surface area contributed by atoms with Gasteiger partial charge in [-0.1, -0.05) is 43.5 Å². The quantitative estimate of drug-likeness (QED) is 0.688. The minimum Gasteiger partial charge on any atom is -0.494 e. The molecule has 30 heavy (non-hydrogen) atoms. The van der Waals surface area contributed by atoms with Crippen LogP contribution in [0.15, 0.2) is 48.2 Å². The summed E-state index contributed by atoms with van der Waals surface area (Å²) in [5, 5.41) is 2.95. The predicted octanol–water partition coefficient (Wildman–Crippen LogP) is 5.53. The maximum Gasteiger partial charge on any atom is 0.321 e. The van der Waals surface area contributed by atoms with Crippen LogP contribution in [-0.2, 0) is 0 Å². The van der Waals surface area contributed by atoms with Gasteiger partial charge in [0.1, 0.15) is 5.75 Å². The van der Waals surface area contributed by atoms with Gasteiger partial charge in [-0.2, -0.15) is 0 Å². The standard InChI is InChI=1S/C25H31N3O2/c1-18-17-28(25(29)27-23-9-6-19(2)26-16-23)12-10-22(18)14-21-4-3-5-24(15-21)30-13-11-20-7-8-20/h3-6,9,14-16,18,20H,7-8,10-13,17H2,1-2H3,(H,27,29). The summed E-state index contributed by atoms with van der Waals surface area (Å²) in [5.41, 5.74) is 4.22. The lowest BCUT2D eigenvalue weighted by Gasteiger charge is -2.33. The molecule has 1 saturated carbocycles. The first-order chi connectivity index (χ1) is 14.6. The van der Waals surface area contributed by atoms with E-state index in [0.717, 1.165) is 42.6 Å². The SMILES string of the molecule is Cc1ccc(NC(=O)N2CCC(=Cc3cccc(OCCC4CC4)c3)C(C)C2)cn1. The van der Waals surface area contributed by atoms with Crippen LogP contribution in [0.4, 0.5) is 10.5 Å². The summed E-state index contributed by atoms with van der Waals surface area (Å²) in [6.07, 6.45) is 8.74. The minimum atomic E-state index is -0.0578. The van der Waals surface area contributed by atoms with Crippen molar-refractivity contribution < 1.29 is 9.53 Å². The van der Waals surface area contributed by atoms with Gasteiger partial charge in [0.2, 0.25) is 0 Å². The molecule has 2 fully saturated rings. The Labute approximate surface area is 179 Å². The Balaban J connectivity index is 1.32. The maximum absolute atomic E-state index is 12.6. The van der Waals surface area contributed by atoms with Gasteiger partial charge in [0.15, 0.2) is 0 Å². The van der Waals surface area contributed by atoms with Crippen molar-refractivity contribution in [2.24, 2.45) is 11.8 Å². The molecule has 5 nitrogen and oxygen atoms in total. The van der Waals surface area contributed by atoms with Crippen molar-refractivity contribution in [3.05, 3.63) is 59.4 Å². The molecular formula is C25H31N3O2. The normalized spacial score (nSPS) is 20.3. The fraction of sp³-hybridized carbons (Fsp3) is 0.440. The first-order valence-corrected chi connectivity index (χ1v) is 11.0. The van der Waals surface area contributed by atoms with Crippen LogP contribution in [0.2, 0.25) is 0 Å². The number of ether oxygens (including phenoxy) is 1. The Bertz CT molecular complexity index is 903. The highest BCUT2D eigenvalue weighted by Crippen LogP contribution is 2.32. The van der Waals surface area contributed by atoms with E-state index in [1.807, 2.05) is 30.0 Å². The molecule has 4 rings (SSSR count). The number of benzene rings is 1. The van der Waals surface area contributed by atoms with Gasteiger partial charge in [0.25, 0.3) is 0 Å². The van der Waals surface area contributed by atoms with Gasteiger partial charge < -0.3 is 15.0 Å². The van der Waals surface area contributed by atoms with E-state index in [0.29, 0.717) is 12.5 Å². The summed E-state index contributed by atoms with van der Waals surface area (Å²) >= 11 is 0. The van der Waals surface area contributed by atoms with Crippen molar-refractivity contribution >= 4 is 17.8 Å². The van der Waals surface area contributed by atoms with E-state index in [-0.39, 0.29) is 6.03 Å². The molecule has 1 aromatic carbocycles. The van der Waals surface area contributed by atoms with E-state index >= 15 is 0 Å². The summed E-state index contributed by atoms with van der Waals surface area (Å²) < 4.78 is 5.93. The summed E-state index contributed by atoms with van der Waals surface area (Å²) in [6.45, 7) is 6.37. The maximum atomic E-state index is 12.6. The zero-order valence-corrected chi connectivity index (χ0v) is 17.9. The van der Waals surface area contributed by atoms with Crippen molar-refractivity contribution in [1.82, 2.24) is 9.88 Å². The van der Waals surface area contributed by atoms with Crippen LogP contribution in [0.1, 0.15) is 43.9 Å². The first kappa shape index (κ1) is 20.5. The highest BCUT2D eigenvalue weighted by molar-refractivity contribution is 5.89. The number of piperidine rings is 1. The van der Waals surface area contributed by atoms with Gasteiger partial charge in [-0.15, -0.1) is 0 Å². The van der Waals surface area contributed by atoms with Crippen LogP contribution in [0.25, 0.3) is 6.08 Å². The molecule has 0 radical (unpaired) electrons. The Morgan fingerprint density at radius 1 is 1.30 bits per heavy atom. The molecule has 1 aliphatic carbocycles. The lowest BCUT2D eigenvalue weighted by Crippen LogP contribution is -2.42. The summed E-state index contributed by atoms with van der Waals surface area (Å²) in [7, 11) is 0. The van der Waals surface area contributed by atoms with Gasteiger partial charge in [-0.3, -0.25) is 4.98 Å². The van der Waals surface area contributed by atoms with Gasteiger partial charge in [-0.05, 0) is 61.4 Å². The number of anilines is 1. The smallest absolute Gasteiger partial charge is 0.321 e. The van der Waals surface area contributed by atoms with Crippen molar-refractivity contribution in [3.63, 3.8) is 0 Å². The molecule has 1 atom stereocenters. The van der Waals surface area contributed by atoms with E-state index in [1.54, 1.807) is 6.20 Å². The molecule has 1 saturated heterocycles. The Morgan fingerprint density at radius 3 is 2.90 bits per heavy atom. The van der Waals surface area contributed by atoms with Crippen LogP contribution in [0.5, 0.6) is 5.75 Å². The van der Waals surface area contributed by atoms with Crippen LogP contribution in [0, 0.1) is 18.8 Å². The fourth-order valence-electron chi connectivity index (χ4n) is 3.85. The molecule has 0 spiro atoms. The summed E-state index contributed by atoms with van der Waals surface area (Å²) in [5.74, 6) is 2.15. The number of urea groups is 1. The van der Waals surface area contributed by atoms with Crippen molar-refractivity contribution in [2.75, 3.05) is 25.0 Å². The van der Waals surface area contributed by atoms with Crippen molar-refractivity contribution in [3.8, 4) is 5.75 Å². The fourth-order valence-corrected chi connectivity index (χ4v) is 3.85. The van der Waals surface area contributed by atoms with Crippen molar-refractivity contribution in [1.29, 1.82) is 0 Å². The zero-order chi connectivity index (χ0) is 20.9. The van der Waals surface area contributed by atoms with Crippen LogP contribution in [-0.4, -0.2) is 35.6 Å². The molecule has 1 N–H and O–H groups in total. The minimum absolute atomic E-state index is 0.0578. The third-order valence-electron chi connectivity index (χ3n) is 5.95. The van der Waals surface area contributed by atoms with Gasteiger partial charge in [0.05, 0.1) is 18.5 Å². The molecule has 2 aliphatic rings. The average Bonchev–Trinajstić information content (AvgIpc) is 3.56. The van der Waals surface area contributed by atoms with E-state index in [1.165, 1.54) is 30.4 Å². The number of nitrogens with one attached hydrogen (secondary N) is 1. The van der Waals surface area contributed by atoms with E-state index in [2.05, 4.69) is 41.5 Å². The number of pyridine rings is 1. The molecule has 5 heteroatoms. The molecular weight excluding hydrogens is 374 g/mol. The summed E-state index contributed by atoms with van der Waals surface area (Å²) in [4.78, 5) is 18.7. The number of nitrogens with zero attached hydrogens (tertiary/aromatic N) is 2. The predicted molar refractivity (Wildman–Crippen MR) is 121 cm³/mol. The number of likely N-dealkylation sites (tertiary alicyclic amines) is 1. The zero-order valence-electron chi connectivity index (χ0n) is 17.9. The topological polar surface area (TPSA) is 54.5 Å². The molecule has 1 unspecified atom stereocenters. The summed E-state index contributed by atoms with van der Waals surface area (Å²) in [6, 6.07) is 12.1. The number of hydrogen-bond acceptors (Lipinski definition) is 3. The molecule has 0 bridgehead atoms. The van der Waals surface area contributed by atoms with Crippen LogP contribution in [0.3, 0.4) is 0 Å². The lowest BCUT2D eigenvalue weighted by atomic mass is 9.91. The number of amides is 2. The van der Waals surface area contributed by atoms with Gasteiger partial charge >= 0.3 is 6.03 Å². The van der Waals surface area contributed by atoms with Crippen molar-refractivity contribution in [2.45, 2.75) is 39.5 Å². The van der Waals surface area contributed by atoms with Crippen LogP contribution >= 0.6 is 0 Å². The number of carbonyl (C=O) groups is 1. The second kappa shape index (κ2) is 9.33. The van der Waals surface area contributed by atoms with Gasteiger partial charge in [-0.25, -0.2) is 4.79 Å². The highest BCUT2D eigenvalue weighted by Gasteiger charge is 2.24. The molecule has 2 aromatic rings. The lowest BCUT2D eigenvalue weighted by molar-refractivity contribution is 0.198. The van der Waals surface area contributed by atoms with Crippen LogP contribution < -0.4 is 10.1 Å². The molecule has 1 aromatic heterocycles. The number of aromatic nitrogens is 1. The first-order valence-electron chi connectivity index (χ1n) is 11.0. The molecule has 1 aliphatic heterocycles. The number of rotatable bonds is 6. The Hall–Kier alpha value is -2.82. The third-order valence-corrected chi connectivity index (χ3v) is 5.95. The number of hydrogen-bond donors (Lipinski definition) is 1. The average molecular weight is 406 g/mol. The number of carbonyl (C=O) groups excluding carboxylic acids is 1. The second-order valence-electron chi connectivity index (χ2n) is 8.59. The van der Waals surface area contributed by atoms with Gasteiger partial charge in [0, 0.05) is 18.8 Å². The second-order valence-corrected chi connectivity index (χ2v) is 8.59. The largest absolute Gasteiger partial charge is 0.494 e. The van der Waals surface area contributed by atoms with E-state index < -0.39 is 0 Å². The van der Waals surface area contributed by atoms with E-state index in [4.69, 9.17) is 4.74 Å². The highest BCUT2D eigenvalue weighted by atomic mass is 16.5. The molecule has 2 heterocycles. The monoisotopic (exact) mass is 405 g/mol. The van der Waals surface area contributed by atoms with E-state index in [9.17, 15) is 4.79 Å². The Morgan fingerprint density at radius 2 is 2.17 bits per heavy atom. The molecule has 2 amide bonds. The Kier molecular flexibility index (Phi) is 6.36. The molecule has 158 valence electrons.